The number of hydrogen-bond donors (Lipinski definition) is 0. The standard InChI is InChI=1S/C18H21N5O2S/c1-18(2)8-11-12(9-25-18)26-16-13(11)15-20-14(21-23(15)10-19-16)17(24)22-6-4-3-5-7-22/h10H,3-9H2,1-2H3. The summed E-state index contributed by atoms with van der Waals surface area (Å²) in [6.45, 7) is 6.39. The first-order valence-electron chi connectivity index (χ1n) is 9.11. The molecule has 8 heteroatoms. The smallest absolute Gasteiger partial charge is 0.293 e. The van der Waals surface area contributed by atoms with Crippen LogP contribution in [0, 0.1) is 0 Å². The molecule has 0 aliphatic carbocycles. The summed E-state index contributed by atoms with van der Waals surface area (Å²) in [7, 11) is 0. The molecule has 5 heterocycles. The van der Waals surface area contributed by atoms with Crippen molar-refractivity contribution < 1.29 is 9.53 Å². The number of piperidine rings is 1. The van der Waals surface area contributed by atoms with Gasteiger partial charge in [-0.15, -0.1) is 16.4 Å². The Morgan fingerprint density at radius 2 is 2.08 bits per heavy atom. The quantitative estimate of drug-likeness (QED) is 0.658. The number of aromatic nitrogens is 4. The number of nitrogens with zero attached hydrogens (tertiary/aromatic N) is 5. The van der Waals surface area contributed by atoms with Crippen LogP contribution < -0.4 is 0 Å². The number of carbonyl (C=O) groups is 1. The van der Waals surface area contributed by atoms with Crippen LogP contribution in [-0.2, 0) is 17.8 Å². The first-order chi connectivity index (χ1) is 12.5. The van der Waals surface area contributed by atoms with Crippen LogP contribution in [0.2, 0.25) is 0 Å². The van der Waals surface area contributed by atoms with E-state index in [1.807, 2.05) is 4.90 Å². The Bertz CT molecular complexity index is 1020. The van der Waals surface area contributed by atoms with E-state index in [0.717, 1.165) is 48.2 Å². The maximum absolute atomic E-state index is 12.8. The lowest BCUT2D eigenvalue weighted by atomic mass is 9.94. The zero-order valence-electron chi connectivity index (χ0n) is 15.0. The molecule has 0 aromatic carbocycles. The van der Waals surface area contributed by atoms with Gasteiger partial charge in [-0.05, 0) is 38.7 Å². The van der Waals surface area contributed by atoms with Gasteiger partial charge in [0.25, 0.3) is 5.91 Å². The Balaban J connectivity index is 1.63. The van der Waals surface area contributed by atoms with E-state index in [9.17, 15) is 4.79 Å². The summed E-state index contributed by atoms with van der Waals surface area (Å²) in [5.41, 5.74) is 1.76. The third kappa shape index (κ3) is 2.51. The Hall–Kier alpha value is -2.06. The summed E-state index contributed by atoms with van der Waals surface area (Å²) < 4.78 is 7.58. The van der Waals surface area contributed by atoms with Gasteiger partial charge in [0.15, 0.2) is 5.65 Å². The number of ether oxygens (including phenoxy) is 1. The molecule has 2 aliphatic rings. The van der Waals surface area contributed by atoms with Crippen molar-refractivity contribution in [1.82, 2.24) is 24.5 Å². The largest absolute Gasteiger partial charge is 0.370 e. The Morgan fingerprint density at radius 1 is 1.27 bits per heavy atom. The van der Waals surface area contributed by atoms with Gasteiger partial charge in [0.1, 0.15) is 11.2 Å². The van der Waals surface area contributed by atoms with Gasteiger partial charge in [0, 0.05) is 24.4 Å². The van der Waals surface area contributed by atoms with Gasteiger partial charge in [0.05, 0.1) is 17.6 Å². The summed E-state index contributed by atoms with van der Waals surface area (Å²) in [5, 5.41) is 5.45. The second kappa shape index (κ2) is 5.72. The van der Waals surface area contributed by atoms with Gasteiger partial charge >= 0.3 is 0 Å². The molecule has 7 nitrogen and oxygen atoms in total. The minimum absolute atomic E-state index is 0.0747. The molecule has 136 valence electrons. The minimum Gasteiger partial charge on any atom is -0.370 e. The van der Waals surface area contributed by atoms with Gasteiger partial charge in [-0.3, -0.25) is 4.79 Å². The second-order valence-electron chi connectivity index (χ2n) is 7.71. The van der Waals surface area contributed by atoms with Crippen molar-refractivity contribution >= 4 is 33.1 Å². The molecule has 0 N–H and O–H groups in total. The lowest BCUT2D eigenvalue weighted by Gasteiger charge is -2.30. The average Bonchev–Trinajstić information content (AvgIpc) is 3.21. The molecular weight excluding hydrogens is 350 g/mol. The molecule has 3 aromatic heterocycles. The Labute approximate surface area is 155 Å². The van der Waals surface area contributed by atoms with Gasteiger partial charge in [-0.1, -0.05) is 0 Å². The van der Waals surface area contributed by atoms with Gasteiger partial charge in [-0.25, -0.2) is 14.5 Å². The summed E-state index contributed by atoms with van der Waals surface area (Å²) in [4.78, 5) is 26.0. The van der Waals surface area contributed by atoms with Gasteiger partial charge in [-0.2, -0.15) is 0 Å². The number of thiophene rings is 1. The topological polar surface area (TPSA) is 72.6 Å². The van der Waals surface area contributed by atoms with E-state index in [0.29, 0.717) is 6.61 Å². The molecule has 1 saturated heterocycles. The van der Waals surface area contributed by atoms with E-state index in [-0.39, 0.29) is 17.3 Å². The van der Waals surface area contributed by atoms with Crippen LogP contribution >= 0.6 is 11.3 Å². The van der Waals surface area contributed by atoms with Crippen molar-refractivity contribution in [2.75, 3.05) is 13.1 Å². The fourth-order valence-electron chi connectivity index (χ4n) is 3.87. The zero-order chi connectivity index (χ0) is 17.9. The van der Waals surface area contributed by atoms with Crippen LogP contribution in [0.1, 0.15) is 54.2 Å². The number of likely N-dealkylation sites (tertiary alicyclic amines) is 1. The highest BCUT2D eigenvalue weighted by Crippen LogP contribution is 2.39. The van der Waals surface area contributed by atoms with Gasteiger partial charge in [0.2, 0.25) is 5.82 Å². The highest BCUT2D eigenvalue weighted by Gasteiger charge is 2.31. The Morgan fingerprint density at radius 3 is 2.88 bits per heavy atom. The van der Waals surface area contributed by atoms with Crippen LogP contribution in [-0.4, -0.2) is 49.1 Å². The van der Waals surface area contributed by atoms with Crippen LogP contribution in [0.15, 0.2) is 6.33 Å². The number of fused-ring (bicyclic) bond motifs is 5. The molecule has 0 spiro atoms. The van der Waals surface area contributed by atoms with Crippen molar-refractivity contribution in [1.29, 1.82) is 0 Å². The lowest BCUT2D eigenvalue weighted by molar-refractivity contribution is -0.0379. The minimum atomic E-state index is -0.208. The van der Waals surface area contributed by atoms with E-state index in [1.165, 1.54) is 16.9 Å². The Kier molecular flexibility index (Phi) is 3.55. The van der Waals surface area contributed by atoms with Crippen molar-refractivity contribution in [3.8, 4) is 0 Å². The fourth-order valence-corrected chi connectivity index (χ4v) is 4.94. The highest BCUT2D eigenvalue weighted by atomic mass is 32.1. The van der Waals surface area contributed by atoms with Crippen LogP contribution in [0.5, 0.6) is 0 Å². The molecular formula is C18H21N5O2S. The van der Waals surface area contributed by atoms with Crippen molar-refractivity contribution in [2.45, 2.75) is 51.7 Å². The maximum atomic E-state index is 12.8. The zero-order valence-corrected chi connectivity index (χ0v) is 15.8. The fraction of sp³-hybridized carbons (Fsp3) is 0.556. The molecule has 3 aromatic rings. The van der Waals surface area contributed by atoms with Crippen LogP contribution in [0.3, 0.4) is 0 Å². The first-order valence-corrected chi connectivity index (χ1v) is 9.92. The van der Waals surface area contributed by atoms with E-state index in [1.54, 1.807) is 22.2 Å². The monoisotopic (exact) mass is 371 g/mol. The number of carbonyl (C=O) groups excluding carboxylic acids is 1. The SMILES string of the molecule is CC1(C)Cc2c(sc3ncn4nc(C(=O)N5CCCCC5)nc4c23)CO1. The second-order valence-corrected chi connectivity index (χ2v) is 8.79. The molecule has 0 saturated carbocycles. The normalized spacial score (nSPS) is 19.8. The predicted molar refractivity (Wildman–Crippen MR) is 98.5 cm³/mol. The summed E-state index contributed by atoms with van der Waals surface area (Å²) in [5.74, 6) is 0.196. The van der Waals surface area contributed by atoms with Crippen molar-refractivity contribution in [3.05, 3.63) is 22.6 Å². The van der Waals surface area contributed by atoms with E-state index in [4.69, 9.17) is 4.74 Å². The summed E-state index contributed by atoms with van der Waals surface area (Å²) >= 11 is 1.65. The van der Waals surface area contributed by atoms with E-state index in [2.05, 4.69) is 28.9 Å². The van der Waals surface area contributed by atoms with E-state index < -0.39 is 0 Å². The van der Waals surface area contributed by atoms with Crippen molar-refractivity contribution in [3.63, 3.8) is 0 Å². The maximum Gasteiger partial charge on any atom is 0.293 e. The third-order valence-corrected chi connectivity index (χ3v) is 6.36. The first kappa shape index (κ1) is 16.1. The van der Waals surface area contributed by atoms with E-state index >= 15 is 0 Å². The number of rotatable bonds is 1. The molecule has 26 heavy (non-hydrogen) atoms. The molecule has 0 radical (unpaired) electrons. The predicted octanol–water partition coefficient (Wildman–Crippen LogP) is 2.82. The molecule has 0 bridgehead atoms. The van der Waals surface area contributed by atoms with Gasteiger partial charge < -0.3 is 9.64 Å². The molecule has 5 rings (SSSR count). The summed E-state index contributed by atoms with van der Waals surface area (Å²) in [6.07, 6.45) is 5.76. The molecule has 2 aliphatic heterocycles. The van der Waals surface area contributed by atoms with Crippen LogP contribution in [0.4, 0.5) is 0 Å². The molecule has 1 fully saturated rings. The average molecular weight is 371 g/mol. The molecule has 0 unspecified atom stereocenters. The molecule has 1 amide bonds. The number of amides is 1. The third-order valence-electron chi connectivity index (χ3n) is 5.24. The van der Waals surface area contributed by atoms with Crippen molar-refractivity contribution in [2.24, 2.45) is 0 Å². The van der Waals surface area contributed by atoms with Crippen LogP contribution in [0.25, 0.3) is 15.9 Å². The lowest BCUT2D eigenvalue weighted by Crippen LogP contribution is -2.36. The highest BCUT2D eigenvalue weighted by molar-refractivity contribution is 7.19. The summed E-state index contributed by atoms with van der Waals surface area (Å²) in [6, 6.07) is 0. The molecule has 0 atom stereocenters. The number of hydrogen-bond acceptors (Lipinski definition) is 6.